The van der Waals surface area contributed by atoms with Gasteiger partial charge in [0.05, 0.1) is 11.3 Å². The van der Waals surface area contributed by atoms with Gasteiger partial charge in [-0.3, -0.25) is 9.52 Å². The number of anilines is 1. The molecule has 0 atom stereocenters. The van der Waals surface area contributed by atoms with Gasteiger partial charge in [0.2, 0.25) is 11.0 Å². The normalized spacial score (nSPS) is 14.9. The summed E-state index contributed by atoms with van der Waals surface area (Å²) in [5, 5.41) is 8.51. The largest absolute Gasteiger partial charge is 0.341 e. The maximum absolute atomic E-state index is 12.5. The fraction of sp³-hybridized carbons (Fsp3) is 0.471. The summed E-state index contributed by atoms with van der Waals surface area (Å²) in [5.74, 6) is 1.90. The highest BCUT2D eigenvalue weighted by molar-refractivity contribution is 7.99. The van der Waals surface area contributed by atoms with Crippen LogP contribution in [0.3, 0.4) is 0 Å². The van der Waals surface area contributed by atoms with Crippen molar-refractivity contribution in [2.45, 2.75) is 31.1 Å². The molecule has 2 aromatic rings. The Balaban J connectivity index is 1.62. The number of hydrogen-bond acceptors (Lipinski definition) is 7. The first-order valence-electron chi connectivity index (χ1n) is 8.77. The predicted octanol–water partition coefficient (Wildman–Crippen LogP) is 2.41. The van der Waals surface area contributed by atoms with Gasteiger partial charge >= 0.3 is 0 Å². The summed E-state index contributed by atoms with van der Waals surface area (Å²) < 4.78 is 27.4. The van der Waals surface area contributed by atoms with Crippen molar-refractivity contribution in [3.63, 3.8) is 0 Å². The molecule has 7 nitrogen and oxygen atoms in total. The number of benzene rings is 1. The van der Waals surface area contributed by atoms with E-state index in [-0.39, 0.29) is 22.4 Å². The van der Waals surface area contributed by atoms with Crippen molar-refractivity contribution in [2.24, 2.45) is 0 Å². The molecule has 146 valence electrons. The molecule has 1 amide bonds. The van der Waals surface area contributed by atoms with E-state index in [1.165, 1.54) is 0 Å². The number of aromatic nitrogens is 2. The van der Waals surface area contributed by atoms with Crippen LogP contribution >= 0.6 is 23.1 Å². The van der Waals surface area contributed by atoms with E-state index in [2.05, 4.69) is 21.8 Å². The summed E-state index contributed by atoms with van der Waals surface area (Å²) in [5.41, 5.74) is 1.10. The number of amides is 1. The minimum Gasteiger partial charge on any atom is -0.341 e. The Hall–Kier alpha value is -1.65. The SMILES string of the molecule is CCCc1ccc(S(=O)(=O)Nc2nnc(CC(=O)N3CCSCC3)s2)cc1. The quantitative estimate of drug-likeness (QED) is 0.731. The molecule has 1 aliphatic rings. The minimum absolute atomic E-state index is 0.00682. The lowest BCUT2D eigenvalue weighted by Gasteiger charge is -2.25. The van der Waals surface area contributed by atoms with Crippen LogP contribution < -0.4 is 4.72 Å². The third-order valence-corrected chi connectivity index (χ3v) is 7.39. The first-order chi connectivity index (χ1) is 13.0. The molecule has 1 aliphatic heterocycles. The number of carbonyl (C=O) groups is 1. The summed E-state index contributed by atoms with van der Waals surface area (Å²) in [4.78, 5) is 14.3. The second-order valence-corrected chi connectivity index (χ2v) is 10.1. The Labute approximate surface area is 167 Å². The highest BCUT2D eigenvalue weighted by Gasteiger charge is 2.21. The Morgan fingerprint density at radius 1 is 1.19 bits per heavy atom. The molecule has 1 saturated heterocycles. The van der Waals surface area contributed by atoms with E-state index in [1.54, 1.807) is 12.1 Å². The van der Waals surface area contributed by atoms with E-state index in [0.717, 1.165) is 54.3 Å². The third-order valence-electron chi connectivity index (χ3n) is 4.13. The lowest BCUT2D eigenvalue weighted by atomic mass is 10.1. The third kappa shape index (κ3) is 5.43. The molecular weight excluding hydrogens is 404 g/mol. The minimum atomic E-state index is -3.72. The second-order valence-electron chi connectivity index (χ2n) is 6.17. The number of hydrogen-bond donors (Lipinski definition) is 1. The van der Waals surface area contributed by atoms with Crippen molar-refractivity contribution in [2.75, 3.05) is 29.3 Å². The topological polar surface area (TPSA) is 92.3 Å². The van der Waals surface area contributed by atoms with Crippen molar-refractivity contribution in [1.29, 1.82) is 0 Å². The van der Waals surface area contributed by atoms with Gasteiger partial charge in [0.1, 0.15) is 5.01 Å². The second kappa shape index (κ2) is 9.03. The highest BCUT2D eigenvalue weighted by atomic mass is 32.2. The molecule has 1 N–H and O–H groups in total. The molecule has 0 spiro atoms. The van der Waals surface area contributed by atoms with Crippen LogP contribution in [0.4, 0.5) is 5.13 Å². The number of nitrogens with one attached hydrogen (secondary N) is 1. The van der Waals surface area contributed by atoms with E-state index < -0.39 is 10.0 Å². The van der Waals surface area contributed by atoms with Crippen LogP contribution in [-0.4, -0.2) is 54.0 Å². The fourth-order valence-electron chi connectivity index (χ4n) is 2.72. The molecule has 0 bridgehead atoms. The molecule has 0 unspecified atom stereocenters. The van der Waals surface area contributed by atoms with Crippen LogP contribution in [0.15, 0.2) is 29.2 Å². The van der Waals surface area contributed by atoms with Crippen LogP contribution in [0.25, 0.3) is 0 Å². The molecule has 0 aliphatic carbocycles. The molecule has 2 heterocycles. The average Bonchev–Trinajstić information content (AvgIpc) is 3.09. The van der Waals surface area contributed by atoms with Crippen LogP contribution in [0.5, 0.6) is 0 Å². The van der Waals surface area contributed by atoms with Gasteiger partial charge in [0.25, 0.3) is 10.0 Å². The first-order valence-corrected chi connectivity index (χ1v) is 12.2. The Morgan fingerprint density at radius 3 is 2.56 bits per heavy atom. The van der Waals surface area contributed by atoms with E-state index >= 15 is 0 Å². The highest BCUT2D eigenvalue weighted by Crippen LogP contribution is 2.21. The number of sulfonamides is 1. The summed E-state index contributed by atoms with van der Waals surface area (Å²) in [6, 6.07) is 6.82. The monoisotopic (exact) mass is 426 g/mol. The number of thioether (sulfide) groups is 1. The first kappa shape index (κ1) is 20.1. The fourth-order valence-corrected chi connectivity index (χ4v) is 5.58. The summed E-state index contributed by atoms with van der Waals surface area (Å²) in [6.45, 7) is 3.57. The van der Waals surface area contributed by atoms with Gasteiger partial charge in [-0.25, -0.2) is 8.42 Å². The van der Waals surface area contributed by atoms with Crippen LogP contribution in [0.2, 0.25) is 0 Å². The number of aryl methyl sites for hydroxylation is 1. The van der Waals surface area contributed by atoms with Crippen LogP contribution in [-0.2, 0) is 27.7 Å². The average molecular weight is 427 g/mol. The smallest absolute Gasteiger partial charge is 0.263 e. The number of carbonyl (C=O) groups excluding carboxylic acids is 1. The number of nitrogens with zero attached hydrogens (tertiary/aromatic N) is 3. The van der Waals surface area contributed by atoms with E-state index in [1.807, 2.05) is 28.8 Å². The molecule has 0 saturated carbocycles. The van der Waals surface area contributed by atoms with Crippen molar-refractivity contribution in [3.05, 3.63) is 34.8 Å². The molecule has 10 heteroatoms. The van der Waals surface area contributed by atoms with Crippen molar-refractivity contribution >= 4 is 44.2 Å². The predicted molar refractivity (Wildman–Crippen MR) is 109 cm³/mol. The van der Waals surface area contributed by atoms with Crippen molar-refractivity contribution < 1.29 is 13.2 Å². The zero-order chi connectivity index (χ0) is 19.3. The van der Waals surface area contributed by atoms with Gasteiger partial charge in [-0.05, 0) is 24.1 Å². The summed E-state index contributed by atoms with van der Waals surface area (Å²) in [7, 11) is -3.72. The van der Waals surface area contributed by atoms with Gasteiger partial charge in [-0.2, -0.15) is 11.8 Å². The Bertz CT molecular complexity index is 875. The van der Waals surface area contributed by atoms with Crippen molar-refractivity contribution in [3.8, 4) is 0 Å². The maximum Gasteiger partial charge on any atom is 0.263 e. The van der Waals surface area contributed by atoms with Gasteiger partial charge in [-0.15, -0.1) is 10.2 Å². The van der Waals surface area contributed by atoms with E-state index in [9.17, 15) is 13.2 Å². The molecule has 1 aromatic carbocycles. The number of rotatable bonds is 7. The van der Waals surface area contributed by atoms with Gasteiger partial charge < -0.3 is 4.90 Å². The maximum atomic E-state index is 12.5. The van der Waals surface area contributed by atoms with Crippen molar-refractivity contribution in [1.82, 2.24) is 15.1 Å². The lowest BCUT2D eigenvalue weighted by Crippen LogP contribution is -2.38. The molecular formula is C17H22N4O3S3. The molecule has 1 fully saturated rings. The molecule has 27 heavy (non-hydrogen) atoms. The van der Waals surface area contributed by atoms with Gasteiger partial charge in [-0.1, -0.05) is 36.8 Å². The van der Waals surface area contributed by atoms with E-state index in [0.29, 0.717) is 5.01 Å². The van der Waals surface area contributed by atoms with Crippen LogP contribution in [0.1, 0.15) is 23.9 Å². The van der Waals surface area contributed by atoms with Gasteiger partial charge in [0.15, 0.2) is 0 Å². The zero-order valence-electron chi connectivity index (χ0n) is 15.1. The van der Waals surface area contributed by atoms with Gasteiger partial charge in [0, 0.05) is 24.6 Å². The Kier molecular flexibility index (Phi) is 6.72. The lowest BCUT2D eigenvalue weighted by molar-refractivity contribution is -0.130. The summed E-state index contributed by atoms with van der Waals surface area (Å²) in [6.07, 6.45) is 2.07. The van der Waals surface area contributed by atoms with E-state index in [4.69, 9.17) is 0 Å². The van der Waals surface area contributed by atoms with Crippen LogP contribution in [0, 0.1) is 0 Å². The zero-order valence-corrected chi connectivity index (χ0v) is 17.5. The summed E-state index contributed by atoms with van der Waals surface area (Å²) >= 11 is 2.93. The molecule has 3 rings (SSSR count). The molecule has 1 aromatic heterocycles. The Morgan fingerprint density at radius 2 is 1.89 bits per heavy atom. The standard InChI is InChI=1S/C17H22N4O3S3/c1-2-3-13-4-6-14(7-5-13)27(23,24)20-17-19-18-15(26-17)12-16(22)21-8-10-25-11-9-21/h4-7H,2-3,8-12H2,1H3,(H,19,20). The molecule has 0 radical (unpaired) electrons.